The number of allylic oxidation sites excluding steroid dienone is 1. The van der Waals surface area contributed by atoms with Gasteiger partial charge in [0, 0.05) is 14.2 Å². The molecule has 0 aliphatic carbocycles. The lowest BCUT2D eigenvalue weighted by molar-refractivity contribution is -0.123. The van der Waals surface area contributed by atoms with Crippen molar-refractivity contribution in [2.75, 3.05) is 30.1 Å². The Morgan fingerprint density at radius 3 is 2.62 bits per heavy atom. The Bertz CT molecular complexity index is 1170. The predicted octanol–water partition coefficient (Wildman–Crippen LogP) is -0.502. The van der Waals surface area contributed by atoms with Gasteiger partial charge in [0.15, 0.2) is 5.78 Å². The maximum Gasteiger partial charge on any atom is 0.332 e. The minimum atomic E-state index is -0.928. The standard InChI is InChI=1S/C20H27N7O5/c1-11(8-21)14-6-5-7-15(24-14)25-18(29)12(2)23-16-17(22)26(3)20(31)27(19(16)30)9-13(28)10-32-4/h5-8,12,23H,9-10,21-22H2,1-4H3,(H,24,25,29)/b11-8+/t12-/m0/s1. The maximum atomic E-state index is 12.8. The van der Waals surface area contributed by atoms with E-state index < -0.39 is 35.5 Å². The van der Waals surface area contributed by atoms with Gasteiger partial charge in [0.25, 0.3) is 5.56 Å². The third-order valence-electron chi connectivity index (χ3n) is 4.64. The van der Waals surface area contributed by atoms with Crippen LogP contribution in [0.25, 0.3) is 5.57 Å². The lowest BCUT2D eigenvalue weighted by atomic mass is 10.2. The zero-order valence-electron chi connectivity index (χ0n) is 18.3. The normalized spacial score (nSPS) is 12.3. The fourth-order valence-electron chi connectivity index (χ4n) is 2.77. The van der Waals surface area contributed by atoms with Crippen LogP contribution < -0.4 is 33.3 Å². The molecule has 0 saturated heterocycles. The van der Waals surface area contributed by atoms with Crippen LogP contribution in [0.1, 0.15) is 19.5 Å². The monoisotopic (exact) mass is 445 g/mol. The van der Waals surface area contributed by atoms with E-state index in [1.165, 1.54) is 27.3 Å². The Morgan fingerprint density at radius 1 is 1.31 bits per heavy atom. The zero-order valence-corrected chi connectivity index (χ0v) is 18.3. The van der Waals surface area contributed by atoms with Crippen molar-refractivity contribution < 1.29 is 14.3 Å². The summed E-state index contributed by atoms with van der Waals surface area (Å²) in [6.45, 7) is 2.55. The summed E-state index contributed by atoms with van der Waals surface area (Å²) in [7, 11) is 2.68. The molecular weight excluding hydrogens is 418 g/mol. The number of ether oxygens (including phenoxy) is 1. The Hall–Kier alpha value is -3.93. The molecule has 2 rings (SSSR count). The molecule has 0 spiro atoms. The molecule has 6 N–H and O–H groups in total. The van der Waals surface area contributed by atoms with Gasteiger partial charge in [-0.15, -0.1) is 0 Å². The lowest BCUT2D eigenvalue weighted by Gasteiger charge is -2.18. The Morgan fingerprint density at radius 2 is 2.00 bits per heavy atom. The first-order chi connectivity index (χ1) is 15.1. The van der Waals surface area contributed by atoms with Gasteiger partial charge in [-0.1, -0.05) is 6.07 Å². The number of Topliss-reactive ketones (excluding diaryl/α,β-unsaturated/α-hetero) is 1. The molecule has 32 heavy (non-hydrogen) atoms. The highest BCUT2D eigenvalue weighted by atomic mass is 16.5. The number of nitrogens with two attached hydrogens (primary N) is 2. The predicted molar refractivity (Wildman–Crippen MR) is 121 cm³/mol. The van der Waals surface area contributed by atoms with E-state index in [1.807, 2.05) is 0 Å². The highest BCUT2D eigenvalue weighted by molar-refractivity contribution is 5.96. The van der Waals surface area contributed by atoms with Crippen LogP contribution in [0.15, 0.2) is 34.0 Å². The van der Waals surface area contributed by atoms with Gasteiger partial charge in [-0.05, 0) is 37.8 Å². The van der Waals surface area contributed by atoms with Crippen LogP contribution in [0, 0.1) is 0 Å². The average molecular weight is 445 g/mol. The van der Waals surface area contributed by atoms with Gasteiger partial charge in [-0.3, -0.25) is 23.5 Å². The summed E-state index contributed by atoms with van der Waals surface area (Å²) in [5.41, 5.74) is 11.0. The van der Waals surface area contributed by atoms with E-state index in [0.29, 0.717) is 11.5 Å². The van der Waals surface area contributed by atoms with Gasteiger partial charge < -0.3 is 26.8 Å². The second-order valence-electron chi connectivity index (χ2n) is 7.08. The van der Waals surface area contributed by atoms with E-state index in [1.54, 1.807) is 25.1 Å². The fraction of sp³-hybridized carbons (Fsp3) is 0.350. The van der Waals surface area contributed by atoms with Gasteiger partial charge in [-0.25, -0.2) is 9.78 Å². The van der Waals surface area contributed by atoms with Gasteiger partial charge in [-0.2, -0.15) is 0 Å². The topological polar surface area (TPSA) is 176 Å². The second-order valence-corrected chi connectivity index (χ2v) is 7.08. The number of aromatic nitrogens is 3. The number of rotatable bonds is 9. The number of nitrogen functional groups attached to an aromatic ring is 1. The SMILES string of the molecule is COCC(=O)Cn1c(=O)c(N[C@@H](C)C(=O)Nc2cccc(/C(C)=C/N)n2)c(N)n(C)c1=O. The van der Waals surface area contributed by atoms with E-state index >= 15 is 0 Å². The number of nitrogens with one attached hydrogen (secondary N) is 2. The summed E-state index contributed by atoms with van der Waals surface area (Å²) in [6.07, 6.45) is 1.41. The van der Waals surface area contributed by atoms with Crippen LogP contribution in [-0.4, -0.2) is 45.6 Å². The first-order valence-corrected chi connectivity index (χ1v) is 9.64. The average Bonchev–Trinajstić information content (AvgIpc) is 2.77. The zero-order chi connectivity index (χ0) is 24.0. The third kappa shape index (κ3) is 5.40. The molecule has 0 aliphatic heterocycles. The molecule has 172 valence electrons. The molecule has 0 aliphatic rings. The number of carbonyl (C=O) groups excluding carboxylic acids is 2. The maximum absolute atomic E-state index is 12.8. The Kier molecular flexibility index (Phi) is 7.91. The number of methoxy groups -OCH3 is 1. The van der Waals surface area contributed by atoms with Crippen molar-refractivity contribution in [3.05, 3.63) is 50.9 Å². The molecule has 1 amide bonds. The summed E-state index contributed by atoms with van der Waals surface area (Å²) in [5.74, 6) is -0.850. The van der Waals surface area contributed by atoms with Gasteiger partial charge in [0.1, 0.15) is 30.0 Å². The second kappa shape index (κ2) is 10.4. The molecule has 0 unspecified atom stereocenters. The number of amides is 1. The number of anilines is 3. The molecular formula is C20H27N7O5. The number of nitrogens with zero attached hydrogens (tertiary/aromatic N) is 3. The van der Waals surface area contributed by atoms with E-state index in [9.17, 15) is 19.2 Å². The van der Waals surface area contributed by atoms with Gasteiger partial charge in [0.05, 0.1) is 12.2 Å². The molecule has 0 fully saturated rings. The van der Waals surface area contributed by atoms with Crippen molar-refractivity contribution in [1.29, 1.82) is 0 Å². The summed E-state index contributed by atoms with van der Waals surface area (Å²) < 4.78 is 6.49. The van der Waals surface area contributed by atoms with E-state index in [0.717, 1.165) is 14.7 Å². The van der Waals surface area contributed by atoms with Gasteiger partial charge in [0.2, 0.25) is 5.91 Å². The van der Waals surface area contributed by atoms with Crippen LogP contribution in [0.3, 0.4) is 0 Å². The molecule has 1 atom stereocenters. The van der Waals surface area contributed by atoms with Crippen molar-refractivity contribution in [1.82, 2.24) is 14.1 Å². The van der Waals surface area contributed by atoms with E-state index in [4.69, 9.17) is 16.2 Å². The van der Waals surface area contributed by atoms with Crippen molar-refractivity contribution in [2.24, 2.45) is 12.8 Å². The van der Waals surface area contributed by atoms with Crippen molar-refractivity contribution in [3.63, 3.8) is 0 Å². The third-order valence-corrected chi connectivity index (χ3v) is 4.64. The number of carbonyl (C=O) groups is 2. The number of pyridine rings is 1. The summed E-state index contributed by atoms with van der Waals surface area (Å²) >= 11 is 0. The number of hydrogen-bond acceptors (Lipinski definition) is 9. The van der Waals surface area contributed by atoms with Crippen LogP contribution in [0.4, 0.5) is 17.3 Å². The molecule has 2 aromatic heterocycles. The summed E-state index contributed by atoms with van der Waals surface area (Å²) in [6, 6.07) is 4.13. The Labute approximate surface area is 183 Å². The summed E-state index contributed by atoms with van der Waals surface area (Å²) in [4.78, 5) is 54.1. The van der Waals surface area contributed by atoms with E-state index in [2.05, 4.69) is 15.6 Å². The molecule has 0 bridgehead atoms. The Balaban J connectivity index is 2.29. The minimum absolute atomic E-state index is 0.168. The smallest absolute Gasteiger partial charge is 0.332 e. The van der Waals surface area contributed by atoms with Crippen molar-refractivity contribution in [3.8, 4) is 0 Å². The van der Waals surface area contributed by atoms with Crippen LogP contribution in [0.5, 0.6) is 0 Å². The van der Waals surface area contributed by atoms with Crippen molar-refractivity contribution in [2.45, 2.75) is 26.4 Å². The molecule has 2 aromatic rings. The number of hydrogen-bond donors (Lipinski definition) is 4. The molecule has 0 saturated carbocycles. The molecule has 12 heteroatoms. The fourth-order valence-corrected chi connectivity index (χ4v) is 2.77. The van der Waals surface area contributed by atoms with Crippen molar-refractivity contribution >= 4 is 34.6 Å². The number of ketones is 1. The molecule has 0 aromatic carbocycles. The van der Waals surface area contributed by atoms with E-state index in [-0.39, 0.29) is 18.1 Å². The quantitative estimate of drug-likeness (QED) is 0.396. The highest BCUT2D eigenvalue weighted by Crippen LogP contribution is 2.14. The first-order valence-electron chi connectivity index (χ1n) is 9.64. The van der Waals surface area contributed by atoms with Crippen LogP contribution in [0.2, 0.25) is 0 Å². The highest BCUT2D eigenvalue weighted by Gasteiger charge is 2.21. The molecule has 12 nitrogen and oxygen atoms in total. The van der Waals surface area contributed by atoms with Gasteiger partial charge >= 0.3 is 5.69 Å². The first kappa shape index (κ1) is 24.3. The largest absolute Gasteiger partial charge is 0.404 e. The van der Waals surface area contributed by atoms with Crippen LogP contribution in [-0.2, 0) is 27.9 Å². The lowest BCUT2D eigenvalue weighted by Crippen LogP contribution is -2.45. The molecule has 0 radical (unpaired) electrons. The minimum Gasteiger partial charge on any atom is -0.404 e. The van der Waals surface area contributed by atoms with Crippen LogP contribution >= 0.6 is 0 Å². The molecule has 2 heterocycles. The summed E-state index contributed by atoms with van der Waals surface area (Å²) in [5, 5.41) is 5.37.